The van der Waals surface area contributed by atoms with E-state index in [-0.39, 0.29) is 0 Å². The number of hydrogen-bond donors (Lipinski definition) is 1. The van der Waals surface area contributed by atoms with Gasteiger partial charge in [0.1, 0.15) is 5.76 Å². The van der Waals surface area contributed by atoms with Crippen LogP contribution in [0.3, 0.4) is 0 Å². The molecule has 2 rings (SSSR count). The SMILES string of the molecule is Cc1nc(C)c(CNCCCN2CCCCC2)o1. The van der Waals surface area contributed by atoms with Crippen molar-refractivity contribution in [3.8, 4) is 0 Å². The normalized spacial score (nSPS) is 17.2. The summed E-state index contributed by atoms with van der Waals surface area (Å²) in [6.07, 6.45) is 5.39. The Balaban J connectivity index is 1.57. The van der Waals surface area contributed by atoms with Crippen LogP contribution in [0.15, 0.2) is 4.42 Å². The number of likely N-dealkylation sites (tertiary alicyclic amines) is 1. The van der Waals surface area contributed by atoms with E-state index in [4.69, 9.17) is 4.42 Å². The summed E-state index contributed by atoms with van der Waals surface area (Å²) in [5.41, 5.74) is 1.01. The topological polar surface area (TPSA) is 41.3 Å². The van der Waals surface area contributed by atoms with E-state index in [1.54, 1.807) is 0 Å². The van der Waals surface area contributed by atoms with Crippen LogP contribution in [0.5, 0.6) is 0 Å². The Kier molecular flexibility index (Phi) is 5.20. The first kappa shape index (κ1) is 13.6. The third-order valence-corrected chi connectivity index (χ3v) is 3.56. The Bertz CT molecular complexity index is 356. The van der Waals surface area contributed by atoms with Crippen molar-refractivity contribution in [2.24, 2.45) is 0 Å². The number of oxazole rings is 1. The summed E-state index contributed by atoms with van der Waals surface area (Å²) in [6, 6.07) is 0. The van der Waals surface area contributed by atoms with Gasteiger partial charge in [-0.05, 0) is 52.4 Å². The Morgan fingerprint density at radius 3 is 2.67 bits per heavy atom. The number of aromatic nitrogens is 1. The lowest BCUT2D eigenvalue weighted by Gasteiger charge is -2.26. The molecule has 0 aromatic carbocycles. The molecule has 0 bridgehead atoms. The van der Waals surface area contributed by atoms with Gasteiger partial charge in [0.2, 0.25) is 0 Å². The molecule has 0 atom stereocenters. The van der Waals surface area contributed by atoms with E-state index in [9.17, 15) is 0 Å². The van der Waals surface area contributed by atoms with Crippen LogP contribution in [0.2, 0.25) is 0 Å². The van der Waals surface area contributed by atoms with Gasteiger partial charge < -0.3 is 14.6 Å². The van der Waals surface area contributed by atoms with Crippen LogP contribution in [0.4, 0.5) is 0 Å². The molecule has 0 spiro atoms. The lowest BCUT2D eigenvalue weighted by molar-refractivity contribution is 0.225. The highest BCUT2D eigenvalue weighted by atomic mass is 16.4. The first-order chi connectivity index (χ1) is 8.75. The minimum Gasteiger partial charge on any atom is -0.444 e. The molecule has 0 amide bonds. The monoisotopic (exact) mass is 251 g/mol. The summed E-state index contributed by atoms with van der Waals surface area (Å²) < 4.78 is 5.53. The van der Waals surface area contributed by atoms with Gasteiger partial charge in [-0.1, -0.05) is 6.42 Å². The number of hydrogen-bond acceptors (Lipinski definition) is 4. The first-order valence-electron chi connectivity index (χ1n) is 7.11. The fraction of sp³-hybridized carbons (Fsp3) is 0.786. The molecule has 2 heterocycles. The number of rotatable bonds is 6. The van der Waals surface area contributed by atoms with Crippen LogP contribution >= 0.6 is 0 Å². The fourth-order valence-corrected chi connectivity index (χ4v) is 2.55. The van der Waals surface area contributed by atoms with Gasteiger partial charge in [0.05, 0.1) is 12.2 Å². The molecule has 1 aromatic rings. The van der Waals surface area contributed by atoms with E-state index in [0.717, 1.165) is 30.4 Å². The highest BCUT2D eigenvalue weighted by molar-refractivity contribution is 5.06. The summed E-state index contributed by atoms with van der Waals surface area (Å²) in [4.78, 5) is 6.85. The molecule has 1 saturated heterocycles. The van der Waals surface area contributed by atoms with E-state index in [1.807, 2.05) is 13.8 Å². The number of nitrogens with zero attached hydrogens (tertiary/aromatic N) is 2. The van der Waals surface area contributed by atoms with Gasteiger partial charge in [-0.2, -0.15) is 0 Å². The minimum absolute atomic E-state index is 0.762. The summed E-state index contributed by atoms with van der Waals surface area (Å²) >= 11 is 0. The first-order valence-corrected chi connectivity index (χ1v) is 7.11. The second-order valence-electron chi connectivity index (χ2n) is 5.17. The van der Waals surface area contributed by atoms with Crippen molar-refractivity contribution in [2.75, 3.05) is 26.2 Å². The van der Waals surface area contributed by atoms with Crippen molar-refractivity contribution < 1.29 is 4.42 Å². The molecule has 102 valence electrons. The molecule has 1 aliphatic heterocycles. The maximum atomic E-state index is 5.53. The molecule has 0 saturated carbocycles. The van der Waals surface area contributed by atoms with E-state index < -0.39 is 0 Å². The third kappa shape index (κ3) is 4.10. The molecule has 4 nitrogen and oxygen atoms in total. The lowest BCUT2D eigenvalue weighted by atomic mass is 10.1. The van der Waals surface area contributed by atoms with E-state index in [0.29, 0.717) is 0 Å². The number of piperidine rings is 1. The largest absolute Gasteiger partial charge is 0.444 e. The smallest absolute Gasteiger partial charge is 0.191 e. The Hall–Kier alpha value is -0.870. The van der Waals surface area contributed by atoms with Crippen LogP contribution < -0.4 is 5.32 Å². The van der Waals surface area contributed by atoms with Crippen molar-refractivity contribution in [3.63, 3.8) is 0 Å². The highest BCUT2D eigenvalue weighted by Gasteiger charge is 2.09. The van der Waals surface area contributed by atoms with Gasteiger partial charge in [0.15, 0.2) is 5.89 Å². The summed E-state index contributed by atoms with van der Waals surface area (Å²) in [5, 5.41) is 3.44. The van der Waals surface area contributed by atoms with Crippen LogP contribution in [0, 0.1) is 13.8 Å². The quantitative estimate of drug-likeness (QED) is 0.787. The summed E-state index contributed by atoms with van der Waals surface area (Å²) in [5.74, 6) is 1.74. The van der Waals surface area contributed by atoms with Crippen LogP contribution in [0.25, 0.3) is 0 Å². The standard InChI is InChI=1S/C14H25N3O/c1-12-14(18-13(2)16-12)11-15-7-6-10-17-8-4-3-5-9-17/h15H,3-11H2,1-2H3. The second kappa shape index (κ2) is 6.90. The Morgan fingerprint density at radius 2 is 2.00 bits per heavy atom. The van der Waals surface area contributed by atoms with Crippen molar-refractivity contribution in [1.29, 1.82) is 0 Å². The molecular formula is C14H25N3O. The molecule has 4 heteroatoms. The zero-order chi connectivity index (χ0) is 12.8. The molecular weight excluding hydrogens is 226 g/mol. The van der Waals surface area contributed by atoms with Crippen molar-refractivity contribution >= 4 is 0 Å². The number of aryl methyl sites for hydroxylation is 2. The van der Waals surface area contributed by atoms with Gasteiger partial charge in [0, 0.05) is 6.92 Å². The third-order valence-electron chi connectivity index (χ3n) is 3.56. The van der Waals surface area contributed by atoms with Gasteiger partial charge in [-0.15, -0.1) is 0 Å². The van der Waals surface area contributed by atoms with E-state index in [2.05, 4.69) is 15.2 Å². The summed E-state index contributed by atoms with van der Waals surface area (Å²) in [6.45, 7) is 9.55. The summed E-state index contributed by atoms with van der Waals surface area (Å²) in [7, 11) is 0. The molecule has 18 heavy (non-hydrogen) atoms. The maximum Gasteiger partial charge on any atom is 0.191 e. The van der Waals surface area contributed by atoms with E-state index >= 15 is 0 Å². The number of nitrogens with one attached hydrogen (secondary N) is 1. The van der Waals surface area contributed by atoms with Crippen LogP contribution in [-0.2, 0) is 6.54 Å². The predicted octanol–water partition coefficient (Wildman–Crippen LogP) is 2.26. The maximum absolute atomic E-state index is 5.53. The van der Waals surface area contributed by atoms with Crippen molar-refractivity contribution in [2.45, 2.75) is 46.1 Å². The van der Waals surface area contributed by atoms with Gasteiger partial charge in [-0.25, -0.2) is 4.98 Å². The average Bonchev–Trinajstić information content (AvgIpc) is 2.69. The van der Waals surface area contributed by atoms with Crippen molar-refractivity contribution in [3.05, 3.63) is 17.3 Å². The molecule has 0 unspecified atom stereocenters. The molecule has 1 aliphatic rings. The zero-order valence-electron chi connectivity index (χ0n) is 11.7. The van der Waals surface area contributed by atoms with Gasteiger partial charge in [0.25, 0.3) is 0 Å². The van der Waals surface area contributed by atoms with E-state index in [1.165, 1.54) is 45.3 Å². The van der Waals surface area contributed by atoms with Crippen molar-refractivity contribution in [1.82, 2.24) is 15.2 Å². The molecule has 1 aromatic heterocycles. The van der Waals surface area contributed by atoms with Crippen LogP contribution in [-0.4, -0.2) is 36.1 Å². The van der Waals surface area contributed by atoms with Gasteiger partial charge in [-0.3, -0.25) is 0 Å². The van der Waals surface area contributed by atoms with Crippen LogP contribution in [0.1, 0.15) is 43.0 Å². The molecule has 0 aliphatic carbocycles. The molecule has 1 fully saturated rings. The lowest BCUT2D eigenvalue weighted by Crippen LogP contribution is -2.32. The average molecular weight is 251 g/mol. The Labute approximate surface area is 110 Å². The Morgan fingerprint density at radius 1 is 1.22 bits per heavy atom. The highest BCUT2D eigenvalue weighted by Crippen LogP contribution is 2.09. The molecule has 1 N–H and O–H groups in total. The fourth-order valence-electron chi connectivity index (χ4n) is 2.55. The minimum atomic E-state index is 0.762. The van der Waals surface area contributed by atoms with Gasteiger partial charge >= 0.3 is 0 Å². The predicted molar refractivity (Wildman–Crippen MR) is 72.6 cm³/mol. The second-order valence-corrected chi connectivity index (χ2v) is 5.17. The molecule has 0 radical (unpaired) electrons. The zero-order valence-corrected chi connectivity index (χ0v) is 11.7.